The fourth-order valence-electron chi connectivity index (χ4n) is 9.48. The highest BCUT2D eigenvalue weighted by Gasteiger charge is 2.59. The molecule has 79 heavy (non-hydrogen) atoms. The first-order chi connectivity index (χ1) is 38.3. The van der Waals surface area contributed by atoms with Crippen LogP contribution in [0.3, 0.4) is 0 Å². The number of hydrogen-bond donors (Lipinski definition) is 0. The number of ether oxygens (including phenoxy) is 10. The number of ketones is 1. The Hall–Kier alpha value is -6.73. The van der Waals surface area contributed by atoms with Crippen LogP contribution in [-0.4, -0.2) is 116 Å². The van der Waals surface area contributed by atoms with Gasteiger partial charge < -0.3 is 52.2 Å². The maximum atomic E-state index is 15.0. The second kappa shape index (κ2) is 28.4. The quantitative estimate of drug-likeness (QED) is 0.0210. The molecule has 3 aliphatic rings. The van der Waals surface area contributed by atoms with E-state index >= 15 is 9.59 Å². The highest BCUT2D eigenvalue weighted by molar-refractivity contribution is 6.21. The molecule has 0 aromatic heterocycles. The highest BCUT2D eigenvalue weighted by atomic mass is 16.8. The summed E-state index contributed by atoms with van der Waals surface area (Å²) in [6.07, 6.45) is -8.64. The maximum Gasteiger partial charge on any atom is 0.311 e. The van der Waals surface area contributed by atoms with Crippen LogP contribution in [0.2, 0.25) is 0 Å². The van der Waals surface area contributed by atoms with Gasteiger partial charge in [-0.05, 0) is 74.9 Å². The van der Waals surface area contributed by atoms with E-state index in [4.69, 9.17) is 47.4 Å². The predicted octanol–water partition coefficient (Wildman–Crippen LogP) is 9.31. The van der Waals surface area contributed by atoms with Crippen LogP contribution in [0.4, 0.5) is 0 Å². The lowest BCUT2D eigenvalue weighted by atomic mass is 9.93. The van der Waals surface area contributed by atoms with Gasteiger partial charge in [0.05, 0.1) is 62.6 Å². The van der Waals surface area contributed by atoms with Gasteiger partial charge in [-0.1, -0.05) is 140 Å². The average molecular weight is 1080 g/mol. The number of Topliss-reactive ketones (excluding diaryl/α,β-unsaturated/α-hetero) is 1. The Bertz CT molecular complexity index is 2740. The zero-order chi connectivity index (χ0) is 55.7. The van der Waals surface area contributed by atoms with Crippen molar-refractivity contribution in [2.75, 3.05) is 19.8 Å². The zero-order valence-corrected chi connectivity index (χ0v) is 45.3. The van der Waals surface area contributed by atoms with Crippen molar-refractivity contribution >= 4 is 29.5 Å². The number of benzene rings is 5. The number of esters is 2. The second-order valence-corrected chi connectivity index (χ2v) is 20.8. The lowest BCUT2D eigenvalue weighted by Gasteiger charge is -2.51. The standard InChI is InChI=1S/C63H71NO15/c1-6-7-22-35-71-61-57(79-62(69)63(3,4)5)56(75-39-46-29-18-11-19-30-46)54(49(77-61)40-70-36-43-23-12-8-13-24-43)78-60-52(64-58(67)47-31-20-21-32-48(47)59(64)68)55(74-38-45-27-16-10-17-28-45)53(73-37-44-25-14-9-15-26-44)50(76-60)41-72-51(66)34-33-42(2)65/h6,8-21,23-32,49-50,52-57,60-61H,1,7,22,33-41H2,2-5H3/t49-,50-,52-,53-,54-,55-,56+,57-,60+,61-/m1/s1. The molecule has 418 valence electrons. The second-order valence-electron chi connectivity index (χ2n) is 20.8. The van der Waals surface area contributed by atoms with Crippen LogP contribution in [0.1, 0.15) is 96.3 Å². The molecule has 16 nitrogen and oxygen atoms in total. The molecule has 0 aliphatic carbocycles. The molecule has 2 amide bonds. The van der Waals surface area contributed by atoms with Gasteiger partial charge in [-0.2, -0.15) is 0 Å². The zero-order valence-electron chi connectivity index (χ0n) is 45.3. The fraction of sp³-hybridized carbons (Fsp3) is 0.413. The van der Waals surface area contributed by atoms with Gasteiger partial charge in [-0.25, -0.2) is 0 Å². The lowest BCUT2D eigenvalue weighted by molar-refractivity contribution is -0.361. The van der Waals surface area contributed by atoms with Gasteiger partial charge in [-0.3, -0.25) is 24.1 Å². The third kappa shape index (κ3) is 15.8. The summed E-state index contributed by atoms with van der Waals surface area (Å²) in [5.41, 5.74) is 2.51. The van der Waals surface area contributed by atoms with E-state index in [-0.39, 0.29) is 69.4 Å². The van der Waals surface area contributed by atoms with Crippen molar-refractivity contribution in [1.82, 2.24) is 4.90 Å². The third-order valence-electron chi connectivity index (χ3n) is 13.7. The van der Waals surface area contributed by atoms with Gasteiger partial charge in [0.15, 0.2) is 18.7 Å². The smallest absolute Gasteiger partial charge is 0.311 e. The molecule has 2 saturated heterocycles. The van der Waals surface area contributed by atoms with E-state index in [0.29, 0.717) is 12.8 Å². The third-order valence-corrected chi connectivity index (χ3v) is 13.7. The summed E-state index contributed by atoms with van der Waals surface area (Å²) >= 11 is 0. The number of unbranched alkanes of at least 4 members (excludes halogenated alkanes) is 1. The molecule has 10 atom stereocenters. The van der Waals surface area contributed by atoms with E-state index in [1.807, 2.05) is 121 Å². The lowest BCUT2D eigenvalue weighted by Crippen LogP contribution is -2.69. The Morgan fingerprint density at radius 3 is 1.57 bits per heavy atom. The average Bonchev–Trinajstić information content (AvgIpc) is 4.02. The number of carbonyl (C=O) groups excluding carboxylic acids is 5. The first-order valence-corrected chi connectivity index (χ1v) is 26.9. The molecule has 3 heterocycles. The molecule has 5 aromatic rings. The van der Waals surface area contributed by atoms with Crippen molar-refractivity contribution in [3.05, 3.63) is 192 Å². The summed E-state index contributed by atoms with van der Waals surface area (Å²) in [4.78, 5) is 70.8. The molecular formula is C63H71NO15. The predicted molar refractivity (Wildman–Crippen MR) is 290 cm³/mol. The molecule has 3 aliphatic heterocycles. The van der Waals surface area contributed by atoms with Gasteiger partial charge >= 0.3 is 11.9 Å². The van der Waals surface area contributed by atoms with E-state index in [1.54, 1.807) is 51.1 Å². The minimum Gasteiger partial charge on any atom is -0.463 e. The minimum atomic E-state index is -1.64. The SMILES string of the molecule is C=CCCCO[C@@H]1O[C@H](COCc2ccccc2)[C@@H](O[C@@H]2O[C@H](COC(=O)CCC(C)=O)[C@@H](OCc3ccccc3)[C@H](OCc3ccccc3)[C@H]2N2C(=O)c3ccccc3C2=O)[C@H](OCc2ccccc2)[C@H]1OC(=O)C(C)(C)C. The molecule has 0 radical (unpaired) electrons. The summed E-state index contributed by atoms with van der Waals surface area (Å²) in [7, 11) is 0. The Morgan fingerprint density at radius 2 is 1.05 bits per heavy atom. The van der Waals surface area contributed by atoms with Crippen LogP contribution in [0.5, 0.6) is 0 Å². The van der Waals surface area contributed by atoms with Gasteiger partial charge in [0.2, 0.25) is 0 Å². The Labute approximate surface area is 462 Å². The fourth-order valence-corrected chi connectivity index (χ4v) is 9.48. The molecule has 0 saturated carbocycles. The van der Waals surface area contributed by atoms with Gasteiger partial charge in [0.25, 0.3) is 11.8 Å². The summed E-state index contributed by atoms with van der Waals surface area (Å²) in [5, 5.41) is 0. The molecule has 8 rings (SSSR count). The summed E-state index contributed by atoms with van der Waals surface area (Å²) in [5.74, 6) is -2.73. The van der Waals surface area contributed by atoms with Crippen molar-refractivity contribution in [3.8, 4) is 0 Å². The van der Waals surface area contributed by atoms with E-state index < -0.39 is 97.1 Å². The van der Waals surface area contributed by atoms with Gasteiger partial charge in [0, 0.05) is 6.42 Å². The van der Waals surface area contributed by atoms with Crippen LogP contribution in [-0.2, 0) is 88.2 Å². The molecule has 0 N–H and O–H groups in total. The molecule has 5 aromatic carbocycles. The maximum absolute atomic E-state index is 15.0. The highest BCUT2D eigenvalue weighted by Crippen LogP contribution is 2.40. The van der Waals surface area contributed by atoms with Crippen LogP contribution in [0.25, 0.3) is 0 Å². The minimum absolute atomic E-state index is 0.000121. The Balaban J connectivity index is 1.28. The number of carbonyl (C=O) groups is 5. The van der Waals surface area contributed by atoms with Gasteiger partial charge in [0.1, 0.15) is 55.1 Å². The van der Waals surface area contributed by atoms with Crippen LogP contribution in [0, 0.1) is 5.41 Å². The number of hydrogen-bond acceptors (Lipinski definition) is 15. The molecule has 0 unspecified atom stereocenters. The monoisotopic (exact) mass is 1080 g/mol. The van der Waals surface area contributed by atoms with Crippen molar-refractivity contribution in [3.63, 3.8) is 0 Å². The topological polar surface area (TPSA) is 181 Å². The van der Waals surface area contributed by atoms with Crippen molar-refractivity contribution in [2.24, 2.45) is 5.41 Å². The largest absolute Gasteiger partial charge is 0.463 e. The number of fused-ring (bicyclic) bond motifs is 1. The molecule has 0 bridgehead atoms. The summed E-state index contributed by atoms with van der Waals surface area (Å²) < 4.78 is 67.4. The van der Waals surface area contributed by atoms with Crippen LogP contribution < -0.4 is 0 Å². The van der Waals surface area contributed by atoms with E-state index in [0.717, 1.165) is 27.2 Å². The number of imide groups is 1. The molecule has 2 fully saturated rings. The van der Waals surface area contributed by atoms with E-state index in [9.17, 15) is 14.4 Å². The number of amides is 2. The molecule has 16 heteroatoms. The molecule has 0 spiro atoms. The first-order valence-electron chi connectivity index (χ1n) is 26.9. The van der Waals surface area contributed by atoms with Crippen LogP contribution in [0.15, 0.2) is 158 Å². The van der Waals surface area contributed by atoms with E-state index in [2.05, 4.69) is 6.58 Å². The van der Waals surface area contributed by atoms with Crippen molar-refractivity contribution in [2.45, 2.75) is 141 Å². The Kier molecular flexibility index (Phi) is 21.0. The molecular weight excluding hydrogens is 1010 g/mol. The first kappa shape index (κ1) is 58.4. The van der Waals surface area contributed by atoms with Crippen molar-refractivity contribution in [1.29, 1.82) is 0 Å². The van der Waals surface area contributed by atoms with E-state index in [1.165, 1.54) is 6.92 Å². The normalized spacial score (nSPS) is 23.9. The number of nitrogens with zero attached hydrogens (tertiary/aromatic N) is 1. The summed E-state index contributed by atoms with van der Waals surface area (Å²) in [6.45, 7) is 10.2. The van der Waals surface area contributed by atoms with Crippen LogP contribution >= 0.6 is 0 Å². The van der Waals surface area contributed by atoms with Crippen molar-refractivity contribution < 1.29 is 71.3 Å². The summed E-state index contributed by atoms with van der Waals surface area (Å²) in [6, 6.07) is 42.8. The number of allylic oxidation sites excluding steroid dienone is 1. The Morgan fingerprint density at radius 1 is 0.570 bits per heavy atom. The number of rotatable bonds is 27. The van der Waals surface area contributed by atoms with Gasteiger partial charge in [-0.15, -0.1) is 6.58 Å².